The van der Waals surface area contributed by atoms with E-state index in [4.69, 9.17) is 5.73 Å². The van der Waals surface area contributed by atoms with Gasteiger partial charge in [0.15, 0.2) is 0 Å². The van der Waals surface area contributed by atoms with Crippen LogP contribution < -0.4 is 15.5 Å². The van der Waals surface area contributed by atoms with Crippen molar-refractivity contribution in [3.63, 3.8) is 0 Å². The first-order chi connectivity index (χ1) is 12.0. The second-order valence-electron chi connectivity index (χ2n) is 6.66. The number of carbonyl (C=O) groups excluding carboxylic acids is 1. The lowest BCUT2D eigenvalue weighted by Gasteiger charge is -2.44. The molecule has 1 aliphatic heterocycles. The zero-order valence-corrected chi connectivity index (χ0v) is 14.6. The molecular weight excluding hydrogens is 314 g/mol. The molecule has 0 spiro atoms. The Hall–Kier alpha value is -2.69. The molecule has 1 saturated heterocycles. The molecule has 0 aromatic heterocycles. The number of phenolic OH excluding ortho intramolecular Hbond substituents is 1. The Bertz CT molecular complexity index is 747. The Labute approximate surface area is 148 Å². The first-order valence-corrected chi connectivity index (χ1v) is 8.68. The van der Waals surface area contributed by atoms with Gasteiger partial charge in [0.25, 0.3) is 0 Å². The molecule has 1 aliphatic rings. The minimum absolute atomic E-state index is 0.170. The van der Waals surface area contributed by atoms with Crippen LogP contribution in [0.1, 0.15) is 18.4 Å². The van der Waals surface area contributed by atoms with E-state index in [2.05, 4.69) is 41.0 Å². The maximum absolute atomic E-state index is 11.3. The van der Waals surface area contributed by atoms with E-state index in [0.717, 1.165) is 25.3 Å². The lowest BCUT2D eigenvalue weighted by molar-refractivity contribution is -0.118. The van der Waals surface area contributed by atoms with Crippen LogP contribution in [0, 0.1) is 6.92 Å². The van der Waals surface area contributed by atoms with Gasteiger partial charge in [-0.15, -0.1) is 0 Å². The van der Waals surface area contributed by atoms with Crippen molar-refractivity contribution >= 4 is 17.3 Å². The van der Waals surface area contributed by atoms with Gasteiger partial charge in [-0.3, -0.25) is 4.79 Å². The molecular formula is C20H25N3O2. The van der Waals surface area contributed by atoms with Gasteiger partial charge in [-0.2, -0.15) is 0 Å². The van der Waals surface area contributed by atoms with E-state index in [1.54, 1.807) is 12.1 Å². The van der Waals surface area contributed by atoms with Crippen LogP contribution >= 0.6 is 0 Å². The number of piperazine rings is 1. The molecule has 2 aromatic carbocycles. The van der Waals surface area contributed by atoms with Crippen LogP contribution in [-0.4, -0.2) is 36.7 Å². The summed E-state index contributed by atoms with van der Waals surface area (Å²) in [4.78, 5) is 15.9. The molecule has 5 heteroatoms. The Morgan fingerprint density at radius 1 is 1.16 bits per heavy atom. The fraction of sp³-hybridized carbons (Fsp3) is 0.350. The van der Waals surface area contributed by atoms with Gasteiger partial charge < -0.3 is 20.6 Å². The highest BCUT2D eigenvalue weighted by Gasteiger charge is 2.27. The number of primary amides is 1. The monoisotopic (exact) mass is 339 g/mol. The molecule has 132 valence electrons. The van der Waals surface area contributed by atoms with Crippen LogP contribution in [-0.2, 0) is 4.79 Å². The van der Waals surface area contributed by atoms with Crippen LogP contribution in [0.3, 0.4) is 0 Å². The highest BCUT2D eigenvalue weighted by molar-refractivity contribution is 5.73. The zero-order valence-electron chi connectivity index (χ0n) is 14.6. The first-order valence-electron chi connectivity index (χ1n) is 8.68. The second kappa shape index (κ2) is 7.47. The fourth-order valence-electron chi connectivity index (χ4n) is 3.48. The molecule has 0 aliphatic carbocycles. The van der Waals surface area contributed by atoms with Gasteiger partial charge in [0.1, 0.15) is 5.75 Å². The molecule has 1 fully saturated rings. The van der Waals surface area contributed by atoms with Gasteiger partial charge in [-0.1, -0.05) is 18.2 Å². The van der Waals surface area contributed by atoms with Gasteiger partial charge in [0, 0.05) is 49.5 Å². The number of phenols is 1. The predicted molar refractivity (Wildman–Crippen MR) is 101 cm³/mol. The number of carbonyl (C=O) groups is 1. The van der Waals surface area contributed by atoms with Crippen LogP contribution in [0.2, 0.25) is 0 Å². The molecule has 1 atom stereocenters. The highest BCUT2D eigenvalue weighted by Crippen LogP contribution is 2.28. The first kappa shape index (κ1) is 17.1. The number of anilines is 2. The van der Waals surface area contributed by atoms with E-state index >= 15 is 0 Å². The maximum atomic E-state index is 11.3. The number of benzene rings is 2. The van der Waals surface area contributed by atoms with Gasteiger partial charge in [0.2, 0.25) is 5.91 Å². The lowest BCUT2D eigenvalue weighted by atomic mass is 10.0. The van der Waals surface area contributed by atoms with Gasteiger partial charge in [-0.25, -0.2) is 0 Å². The Morgan fingerprint density at radius 3 is 2.64 bits per heavy atom. The van der Waals surface area contributed by atoms with Crippen molar-refractivity contribution in [2.45, 2.75) is 25.8 Å². The second-order valence-corrected chi connectivity index (χ2v) is 6.66. The Balaban J connectivity index is 1.81. The van der Waals surface area contributed by atoms with E-state index in [-0.39, 0.29) is 17.7 Å². The van der Waals surface area contributed by atoms with Crippen molar-refractivity contribution in [3.05, 3.63) is 54.1 Å². The average Bonchev–Trinajstić information content (AvgIpc) is 2.59. The van der Waals surface area contributed by atoms with E-state index in [9.17, 15) is 9.90 Å². The molecule has 2 aromatic rings. The summed E-state index contributed by atoms with van der Waals surface area (Å²) in [6.07, 6.45) is 1.06. The molecule has 3 rings (SSSR count). The molecule has 1 amide bonds. The van der Waals surface area contributed by atoms with Crippen molar-refractivity contribution in [1.82, 2.24) is 0 Å². The van der Waals surface area contributed by atoms with Crippen LogP contribution in [0.25, 0.3) is 0 Å². The van der Waals surface area contributed by atoms with E-state index in [1.165, 1.54) is 11.3 Å². The fourth-order valence-corrected chi connectivity index (χ4v) is 3.48. The smallest absolute Gasteiger partial charge is 0.217 e. The SMILES string of the molecule is Cc1cccc(N2CCN(c3cccc(O)c3)C(CCC(N)=O)C2)c1. The average molecular weight is 339 g/mol. The Kier molecular flexibility index (Phi) is 5.12. The summed E-state index contributed by atoms with van der Waals surface area (Å²) in [7, 11) is 0. The number of nitrogens with two attached hydrogens (primary N) is 1. The summed E-state index contributed by atoms with van der Waals surface area (Å²) >= 11 is 0. The molecule has 5 nitrogen and oxygen atoms in total. The summed E-state index contributed by atoms with van der Waals surface area (Å²) < 4.78 is 0. The summed E-state index contributed by atoms with van der Waals surface area (Å²) in [6.45, 7) is 4.65. The van der Waals surface area contributed by atoms with Crippen molar-refractivity contribution in [2.24, 2.45) is 5.73 Å². The quantitative estimate of drug-likeness (QED) is 0.879. The number of nitrogens with zero attached hydrogens (tertiary/aromatic N) is 2. The van der Waals surface area contributed by atoms with Crippen LogP contribution in [0.15, 0.2) is 48.5 Å². The molecule has 0 bridgehead atoms. The third-order valence-corrected chi connectivity index (χ3v) is 4.73. The lowest BCUT2D eigenvalue weighted by Crippen LogP contribution is -2.53. The highest BCUT2D eigenvalue weighted by atomic mass is 16.3. The van der Waals surface area contributed by atoms with Gasteiger partial charge in [-0.05, 0) is 43.2 Å². The number of hydrogen-bond acceptors (Lipinski definition) is 4. The van der Waals surface area contributed by atoms with Gasteiger partial charge >= 0.3 is 0 Å². The predicted octanol–water partition coefficient (Wildman–Crippen LogP) is 2.66. The minimum atomic E-state index is -0.275. The molecule has 0 saturated carbocycles. The number of amides is 1. The zero-order chi connectivity index (χ0) is 17.8. The minimum Gasteiger partial charge on any atom is -0.508 e. The number of rotatable bonds is 5. The maximum Gasteiger partial charge on any atom is 0.217 e. The van der Waals surface area contributed by atoms with Crippen molar-refractivity contribution < 1.29 is 9.90 Å². The number of hydrogen-bond donors (Lipinski definition) is 2. The van der Waals surface area contributed by atoms with Crippen LogP contribution in [0.4, 0.5) is 11.4 Å². The van der Waals surface area contributed by atoms with E-state index < -0.39 is 0 Å². The van der Waals surface area contributed by atoms with E-state index in [0.29, 0.717) is 12.8 Å². The third kappa shape index (κ3) is 4.24. The van der Waals surface area contributed by atoms with Crippen LogP contribution in [0.5, 0.6) is 5.75 Å². The molecule has 3 N–H and O–H groups in total. The van der Waals surface area contributed by atoms with E-state index in [1.807, 2.05) is 12.1 Å². The number of aryl methyl sites for hydroxylation is 1. The number of aromatic hydroxyl groups is 1. The van der Waals surface area contributed by atoms with Crippen molar-refractivity contribution in [3.8, 4) is 5.75 Å². The topological polar surface area (TPSA) is 69.8 Å². The summed E-state index contributed by atoms with van der Waals surface area (Å²) in [6, 6.07) is 16.0. The third-order valence-electron chi connectivity index (χ3n) is 4.73. The standard InChI is InChI=1S/C20H25N3O2/c1-15-4-2-5-16(12-15)22-10-11-23(17-6-3-7-19(24)13-17)18(14-22)8-9-20(21)25/h2-7,12-13,18,24H,8-11,14H2,1H3,(H2,21,25). The summed E-state index contributed by atoms with van der Waals surface area (Å²) in [5.41, 5.74) is 8.80. The normalized spacial score (nSPS) is 17.6. The summed E-state index contributed by atoms with van der Waals surface area (Å²) in [5, 5.41) is 9.80. The Morgan fingerprint density at radius 2 is 1.92 bits per heavy atom. The molecule has 1 unspecified atom stereocenters. The van der Waals surface area contributed by atoms with Crippen molar-refractivity contribution in [2.75, 3.05) is 29.4 Å². The molecule has 1 heterocycles. The van der Waals surface area contributed by atoms with Gasteiger partial charge in [0.05, 0.1) is 0 Å². The van der Waals surface area contributed by atoms with Crippen molar-refractivity contribution in [1.29, 1.82) is 0 Å². The molecule has 25 heavy (non-hydrogen) atoms. The summed E-state index contributed by atoms with van der Waals surface area (Å²) in [5.74, 6) is -0.0178. The largest absolute Gasteiger partial charge is 0.508 e. The molecule has 0 radical (unpaired) electrons.